The molecule has 2 aromatic heterocycles. The van der Waals surface area contributed by atoms with Crippen LogP contribution in [0, 0.1) is 6.92 Å². The van der Waals surface area contributed by atoms with E-state index < -0.39 is 0 Å². The first-order chi connectivity index (χ1) is 12.5. The topological polar surface area (TPSA) is 68.5 Å². The number of fused-ring (bicyclic) bond motifs is 1. The highest BCUT2D eigenvalue weighted by Crippen LogP contribution is 2.22. The van der Waals surface area contributed by atoms with Crippen LogP contribution in [0.1, 0.15) is 31.1 Å². The molecule has 0 spiro atoms. The van der Waals surface area contributed by atoms with E-state index in [2.05, 4.69) is 33.9 Å². The minimum Gasteiger partial charge on any atom is -0.481 e. The van der Waals surface area contributed by atoms with Crippen LogP contribution >= 0.6 is 0 Å². The van der Waals surface area contributed by atoms with Gasteiger partial charge in [0, 0.05) is 35.1 Å². The Labute approximate surface area is 152 Å². The molecule has 134 valence electrons. The summed E-state index contributed by atoms with van der Waals surface area (Å²) in [5.74, 6) is 0.251. The molecule has 1 N–H and O–H groups in total. The van der Waals surface area contributed by atoms with Gasteiger partial charge in [-0.1, -0.05) is 18.2 Å². The molecule has 6 heteroatoms. The summed E-state index contributed by atoms with van der Waals surface area (Å²) in [6.45, 7) is 6.16. The van der Waals surface area contributed by atoms with Gasteiger partial charge < -0.3 is 9.30 Å². The summed E-state index contributed by atoms with van der Waals surface area (Å²) in [6, 6.07) is 11.8. The van der Waals surface area contributed by atoms with Crippen molar-refractivity contribution in [3.05, 3.63) is 60.0 Å². The maximum absolute atomic E-state index is 11.9. The van der Waals surface area contributed by atoms with Crippen LogP contribution in [0.25, 0.3) is 10.9 Å². The highest BCUT2D eigenvalue weighted by atomic mass is 16.5. The number of nitrogens with zero attached hydrogens (tertiary/aromatic N) is 3. The highest BCUT2D eigenvalue weighted by Gasteiger charge is 2.06. The summed E-state index contributed by atoms with van der Waals surface area (Å²) >= 11 is 0. The number of ether oxygens (including phenoxy) is 1. The van der Waals surface area contributed by atoms with Crippen LogP contribution < -0.4 is 10.2 Å². The predicted molar refractivity (Wildman–Crippen MR) is 103 cm³/mol. The zero-order chi connectivity index (χ0) is 18.5. The molecule has 0 aliphatic carbocycles. The number of hydrogen-bond donors (Lipinski definition) is 1. The molecule has 0 saturated carbocycles. The van der Waals surface area contributed by atoms with Crippen molar-refractivity contribution >= 4 is 23.0 Å². The standard InChI is InChI=1S/C20H22N4O2/c1-14(2)24-12-16(10-15(24)3)11-22-23-19(25)13-26-18-8-4-6-17-7-5-9-21-20(17)18/h4-12,14H,13H2,1-3H3,(H,23,25)/b22-11-. The molecule has 6 nitrogen and oxygen atoms in total. The molecular formula is C20H22N4O2. The van der Waals surface area contributed by atoms with Crippen molar-refractivity contribution in [1.29, 1.82) is 0 Å². The van der Waals surface area contributed by atoms with Crippen molar-refractivity contribution < 1.29 is 9.53 Å². The normalized spacial score (nSPS) is 11.4. The van der Waals surface area contributed by atoms with E-state index in [1.165, 1.54) is 0 Å². The molecular weight excluding hydrogens is 328 g/mol. The second-order valence-corrected chi connectivity index (χ2v) is 6.33. The van der Waals surface area contributed by atoms with E-state index in [4.69, 9.17) is 4.74 Å². The average Bonchev–Trinajstić information content (AvgIpc) is 3.01. The molecule has 0 unspecified atom stereocenters. The smallest absolute Gasteiger partial charge is 0.277 e. The third-order valence-electron chi connectivity index (χ3n) is 3.98. The van der Waals surface area contributed by atoms with Crippen LogP contribution in [0.5, 0.6) is 5.75 Å². The molecule has 0 bridgehead atoms. The maximum atomic E-state index is 11.9. The van der Waals surface area contributed by atoms with Gasteiger partial charge in [-0.15, -0.1) is 0 Å². The van der Waals surface area contributed by atoms with Crippen LogP contribution in [0.2, 0.25) is 0 Å². The first-order valence-electron chi connectivity index (χ1n) is 8.51. The number of para-hydroxylation sites is 1. The number of pyridine rings is 1. The number of carbonyl (C=O) groups is 1. The predicted octanol–water partition coefficient (Wildman–Crippen LogP) is 3.45. The van der Waals surface area contributed by atoms with Gasteiger partial charge in [0.1, 0.15) is 11.3 Å². The number of benzene rings is 1. The van der Waals surface area contributed by atoms with E-state index >= 15 is 0 Å². The fraction of sp³-hybridized carbons (Fsp3) is 0.250. The van der Waals surface area contributed by atoms with Crippen molar-refractivity contribution in [3.63, 3.8) is 0 Å². The second kappa shape index (κ2) is 7.82. The van der Waals surface area contributed by atoms with Gasteiger partial charge >= 0.3 is 0 Å². The molecule has 1 aromatic carbocycles. The Morgan fingerprint density at radius 1 is 1.35 bits per heavy atom. The van der Waals surface area contributed by atoms with Gasteiger partial charge in [-0.05, 0) is 39.0 Å². The fourth-order valence-corrected chi connectivity index (χ4v) is 2.79. The van der Waals surface area contributed by atoms with Crippen LogP contribution in [0.4, 0.5) is 0 Å². The third kappa shape index (κ3) is 4.08. The molecule has 0 saturated heterocycles. The number of hydrazone groups is 1. The van der Waals surface area contributed by atoms with Gasteiger partial charge in [-0.2, -0.15) is 5.10 Å². The lowest BCUT2D eigenvalue weighted by molar-refractivity contribution is -0.123. The lowest BCUT2D eigenvalue weighted by Gasteiger charge is -2.08. The molecule has 3 rings (SSSR count). The van der Waals surface area contributed by atoms with Gasteiger partial charge in [0.2, 0.25) is 0 Å². The van der Waals surface area contributed by atoms with Gasteiger partial charge in [-0.25, -0.2) is 5.43 Å². The minimum atomic E-state index is -0.325. The quantitative estimate of drug-likeness (QED) is 0.547. The number of nitrogens with one attached hydrogen (secondary N) is 1. The first-order valence-corrected chi connectivity index (χ1v) is 8.51. The Balaban J connectivity index is 1.56. The van der Waals surface area contributed by atoms with Crippen molar-refractivity contribution in [3.8, 4) is 5.75 Å². The van der Waals surface area contributed by atoms with Crippen molar-refractivity contribution in [2.75, 3.05) is 6.61 Å². The number of hydrogen-bond acceptors (Lipinski definition) is 4. The molecule has 2 heterocycles. The number of carbonyl (C=O) groups excluding carboxylic acids is 1. The summed E-state index contributed by atoms with van der Waals surface area (Å²) in [4.78, 5) is 16.2. The molecule has 0 atom stereocenters. The zero-order valence-corrected chi connectivity index (χ0v) is 15.1. The largest absolute Gasteiger partial charge is 0.481 e. The van der Waals surface area contributed by atoms with Gasteiger partial charge in [0.05, 0.1) is 6.21 Å². The number of aromatic nitrogens is 2. The van der Waals surface area contributed by atoms with E-state index in [0.717, 1.165) is 22.2 Å². The molecule has 0 radical (unpaired) electrons. The van der Waals surface area contributed by atoms with Crippen LogP contribution in [0.3, 0.4) is 0 Å². The number of aryl methyl sites for hydroxylation is 1. The minimum absolute atomic E-state index is 0.126. The van der Waals surface area contributed by atoms with Crippen LogP contribution in [-0.4, -0.2) is 28.3 Å². The number of rotatable bonds is 6. The van der Waals surface area contributed by atoms with Crippen molar-refractivity contribution in [2.24, 2.45) is 5.10 Å². The van der Waals surface area contributed by atoms with Gasteiger partial charge in [0.25, 0.3) is 5.91 Å². The summed E-state index contributed by atoms with van der Waals surface area (Å²) < 4.78 is 7.74. The number of amides is 1. The molecule has 0 fully saturated rings. The summed E-state index contributed by atoms with van der Waals surface area (Å²) in [6.07, 6.45) is 5.34. The van der Waals surface area contributed by atoms with Crippen LogP contribution in [-0.2, 0) is 4.79 Å². The van der Waals surface area contributed by atoms with E-state index in [1.807, 2.05) is 43.5 Å². The molecule has 3 aromatic rings. The Morgan fingerprint density at radius 2 is 2.15 bits per heavy atom. The molecule has 26 heavy (non-hydrogen) atoms. The lowest BCUT2D eigenvalue weighted by Crippen LogP contribution is -2.24. The lowest BCUT2D eigenvalue weighted by atomic mass is 10.2. The highest BCUT2D eigenvalue weighted by molar-refractivity contribution is 5.85. The SMILES string of the molecule is Cc1cc(/C=N\NC(=O)COc2cccc3cccnc23)cn1C(C)C. The molecule has 0 aliphatic heterocycles. The third-order valence-corrected chi connectivity index (χ3v) is 3.98. The van der Waals surface area contributed by atoms with E-state index in [1.54, 1.807) is 18.5 Å². The molecule has 0 aliphatic rings. The van der Waals surface area contributed by atoms with E-state index in [0.29, 0.717) is 11.8 Å². The van der Waals surface area contributed by atoms with Crippen molar-refractivity contribution in [1.82, 2.24) is 15.0 Å². The van der Waals surface area contributed by atoms with Crippen molar-refractivity contribution in [2.45, 2.75) is 26.8 Å². The van der Waals surface area contributed by atoms with Gasteiger partial charge in [-0.3, -0.25) is 9.78 Å². The maximum Gasteiger partial charge on any atom is 0.277 e. The van der Waals surface area contributed by atoms with Gasteiger partial charge in [0.15, 0.2) is 6.61 Å². The Morgan fingerprint density at radius 3 is 2.92 bits per heavy atom. The Hall–Kier alpha value is -3.15. The monoisotopic (exact) mass is 350 g/mol. The summed E-state index contributed by atoms with van der Waals surface area (Å²) in [7, 11) is 0. The second-order valence-electron chi connectivity index (χ2n) is 6.33. The summed E-state index contributed by atoms with van der Waals surface area (Å²) in [5, 5.41) is 4.96. The fourth-order valence-electron chi connectivity index (χ4n) is 2.79. The Bertz CT molecular complexity index is 939. The molecule has 1 amide bonds. The van der Waals surface area contributed by atoms with Crippen LogP contribution in [0.15, 0.2) is 53.9 Å². The average molecular weight is 350 g/mol. The summed E-state index contributed by atoms with van der Waals surface area (Å²) in [5.41, 5.74) is 5.31. The van der Waals surface area contributed by atoms with E-state index in [-0.39, 0.29) is 12.5 Å². The zero-order valence-electron chi connectivity index (χ0n) is 15.1. The Kier molecular flexibility index (Phi) is 5.31. The first kappa shape index (κ1) is 17.7. The van der Waals surface area contributed by atoms with E-state index in [9.17, 15) is 4.79 Å².